The maximum atomic E-state index is 13.4. The minimum Gasteiger partial charge on any atom is -0.507 e. The lowest BCUT2D eigenvalue weighted by Gasteiger charge is -2.29. The topological polar surface area (TPSA) is 88.5 Å². The minimum atomic E-state index is -0.688. The Morgan fingerprint density at radius 2 is 1.76 bits per heavy atom. The van der Waals surface area contributed by atoms with Crippen LogP contribution in [-0.2, 0) is 14.3 Å². The maximum Gasteiger partial charge on any atom is 0.295 e. The molecule has 2 aromatic rings. The first-order valence-corrected chi connectivity index (χ1v) is 13.5. The molecule has 2 aliphatic rings. The molecule has 2 saturated heterocycles. The summed E-state index contributed by atoms with van der Waals surface area (Å²) in [7, 11) is 0. The van der Waals surface area contributed by atoms with Crippen molar-refractivity contribution in [3.63, 3.8) is 0 Å². The fourth-order valence-electron chi connectivity index (χ4n) is 4.98. The number of carbonyl (C=O) groups excluding carboxylic acids is 2. The summed E-state index contributed by atoms with van der Waals surface area (Å²) in [6.07, 6.45) is 1.61. The number of amides is 1. The summed E-state index contributed by atoms with van der Waals surface area (Å²) < 4.78 is 16.8. The first-order valence-electron chi connectivity index (χ1n) is 13.5. The molecule has 0 saturated carbocycles. The van der Waals surface area contributed by atoms with Crippen LogP contribution in [0.4, 0.5) is 0 Å². The van der Waals surface area contributed by atoms with Gasteiger partial charge in [0.2, 0.25) is 0 Å². The van der Waals surface area contributed by atoms with Crippen molar-refractivity contribution in [3.05, 3.63) is 64.7 Å². The second-order valence-electron chi connectivity index (χ2n) is 9.63. The molecular weight excluding hydrogens is 484 g/mol. The monoisotopic (exact) mass is 522 g/mol. The zero-order chi connectivity index (χ0) is 27.1. The van der Waals surface area contributed by atoms with Gasteiger partial charge in [0, 0.05) is 31.7 Å². The Morgan fingerprint density at radius 3 is 2.42 bits per heavy atom. The Bertz CT molecular complexity index is 1150. The Hall–Kier alpha value is -3.36. The Morgan fingerprint density at radius 1 is 1.03 bits per heavy atom. The van der Waals surface area contributed by atoms with Gasteiger partial charge >= 0.3 is 0 Å². The third kappa shape index (κ3) is 6.19. The maximum absolute atomic E-state index is 13.4. The summed E-state index contributed by atoms with van der Waals surface area (Å²) >= 11 is 0. The van der Waals surface area contributed by atoms with Gasteiger partial charge in [-0.2, -0.15) is 0 Å². The van der Waals surface area contributed by atoms with E-state index in [1.807, 2.05) is 45.0 Å². The van der Waals surface area contributed by atoms with Gasteiger partial charge in [-0.3, -0.25) is 14.5 Å². The van der Waals surface area contributed by atoms with Crippen molar-refractivity contribution >= 4 is 17.4 Å². The lowest BCUT2D eigenvalue weighted by molar-refractivity contribution is -0.140. The van der Waals surface area contributed by atoms with Crippen LogP contribution in [0.2, 0.25) is 0 Å². The van der Waals surface area contributed by atoms with Gasteiger partial charge in [-0.15, -0.1) is 0 Å². The van der Waals surface area contributed by atoms with Crippen molar-refractivity contribution < 1.29 is 28.9 Å². The van der Waals surface area contributed by atoms with Crippen LogP contribution in [0.3, 0.4) is 0 Å². The van der Waals surface area contributed by atoms with Crippen LogP contribution in [0.25, 0.3) is 5.76 Å². The first-order chi connectivity index (χ1) is 18.4. The third-order valence-corrected chi connectivity index (χ3v) is 6.93. The van der Waals surface area contributed by atoms with E-state index in [0.717, 1.165) is 42.9 Å². The average molecular weight is 523 g/mol. The number of aliphatic hydroxyl groups is 1. The second-order valence-corrected chi connectivity index (χ2v) is 9.63. The van der Waals surface area contributed by atoms with Crippen molar-refractivity contribution in [2.24, 2.45) is 0 Å². The molecule has 2 aromatic carbocycles. The zero-order valence-electron chi connectivity index (χ0n) is 22.6. The molecule has 4 rings (SSSR count). The fourth-order valence-corrected chi connectivity index (χ4v) is 4.98. The van der Waals surface area contributed by atoms with Gasteiger partial charge in [-0.25, -0.2) is 0 Å². The molecular formula is C30H38N2O6. The lowest BCUT2D eigenvalue weighted by atomic mass is 9.94. The number of hydrogen-bond acceptors (Lipinski definition) is 7. The molecule has 0 spiro atoms. The Balaban J connectivity index is 1.67. The number of ether oxygens (including phenoxy) is 3. The van der Waals surface area contributed by atoms with Gasteiger partial charge in [-0.05, 0) is 68.1 Å². The van der Waals surface area contributed by atoms with Crippen molar-refractivity contribution in [3.8, 4) is 11.5 Å². The number of hydrogen-bond donors (Lipinski definition) is 1. The van der Waals surface area contributed by atoms with E-state index in [1.165, 1.54) is 0 Å². The van der Waals surface area contributed by atoms with E-state index in [2.05, 4.69) is 4.90 Å². The molecule has 1 N–H and O–H groups in total. The molecule has 0 aliphatic carbocycles. The largest absolute Gasteiger partial charge is 0.507 e. The van der Waals surface area contributed by atoms with E-state index in [1.54, 1.807) is 23.1 Å². The summed E-state index contributed by atoms with van der Waals surface area (Å²) in [4.78, 5) is 30.5. The van der Waals surface area contributed by atoms with Crippen LogP contribution >= 0.6 is 0 Å². The average Bonchev–Trinajstić information content (AvgIpc) is 3.18. The van der Waals surface area contributed by atoms with Gasteiger partial charge in [-0.1, -0.05) is 19.1 Å². The third-order valence-electron chi connectivity index (χ3n) is 6.93. The molecule has 1 atom stereocenters. The minimum absolute atomic E-state index is 0.104. The SMILES string of the molecule is CCCOc1ccc(C2C(=C(O)c3ccc(OCC)c(C)c3)C(=O)C(=O)N2CCCN2CCOCC2)cc1. The molecule has 8 nitrogen and oxygen atoms in total. The van der Waals surface area contributed by atoms with E-state index in [0.29, 0.717) is 50.7 Å². The first kappa shape index (κ1) is 27.7. The van der Waals surface area contributed by atoms with E-state index >= 15 is 0 Å². The summed E-state index contributed by atoms with van der Waals surface area (Å²) in [6.45, 7) is 11.3. The highest BCUT2D eigenvalue weighted by Crippen LogP contribution is 2.40. The van der Waals surface area contributed by atoms with Crippen LogP contribution < -0.4 is 9.47 Å². The Kier molecular flexibility index (Phi) is 9.42. The predicted octanol–water partition coefficient (Wildman–Crippen LogP) is 4.33. The summed E-state index contributed by atoms with van der Waals surface area (Å²) in [5.74, 6) is -0.000425. The molecule has 0 radical (unpaired) electrons. The number of nitrogens with zero attached hydrogens (tertiary/aromatic N) is 2. The molecule has 38 heavy (non-hydrogen) atoms. The zero-order valence-corrected chi connectivity index (χ0v) is 22.6. The summed E-state index contributed by atoms with van der Waals surface area (Å²) in [5.41, 5.74) is 2.17. The molecule has 2 aliphatic heterocycles. The molecule has 0 aromatic heterocycles. The number of ketones is 1. The lowest BCUT2D eigenvalue weighted by Crippen LogP contribution is -2.38. The second kappa shape index (κ2) is 12.9. The van der Waals surface area contributed by atoms with Gasteiger partial charge in [0.15, 0.2) is 0 Å². The standard InChI is InChI=1S/C30H38N2O6/c1-4-17-38-24-10-7-22(8-11-24)27-26(28(33)23-9-12-25(37-5-2)21(3)20-23)29(34)30(35)32(27)14-6-13-31-15-18-36-19-16-31/h7-12,20,27,33H,4-6,13-19H2,1-3H3. The number of benzene rings is 2. The van der Waals surface area contributed by atoms with Gasteiger partial charge < -0.3 is 24.2 Å². The fraction of sp³-hybridized carbons (Fsp3) is 0.467. The van der Waals surface area contributed by atoms with Crippen LogP contribution in [0.15, 0.2) is 48.0 Å². The molecule has 2 fully saturated rings. The van der Waals surface area contributed by atoms with Crippen LogP contribution in [0, 0.1) is 6.92 Å². The molecule has 1 amide bonds. The molecule has 0 bridgehead atoms. The number of morpholine rings is 1. The van der Waals surface area contributed by atoms with E-state index in [4.69, 9.17) is 14.2 Å². The molecule has 1 unspecified atom stereocenters. The number of aryl methyl sites for hydroxylation is 1. The molecule has 2 heterocycles. The number of likely N-dealkylation sites (tertiary alicyclic amines) is 1. The summed E-state index contributed by atoms with van der Waals surface area (Å²) in [6, 6.07) is 12.0. The molecule has 8 heteroatoms. The highest BCUT2D eigenvalue weighted by Gasteiger charge is 2.45. The van der Waals surface area contributed by atoms with Crippen molar-refractivity contribution in [1.82, 2.24) is 9.80 Å². The smallest absolute Gasteiger partial charge is 0.295 e. The van der Waals surface area contributed by atoms with Crippen LogP contribution in [-0.4, -0.2) is 79.2 Å². The van der Waals surface area contributed by atoms with Crippen molar-refractivity contribution in [1.29, 1.82) is 0 Å². The van der Waals surface area contributed by atoms with E-state index in [9.17, 15) is 14.7 Å². The highest BCUT2D eigenvalue weighted by molar-refractivity contribution is 6.46. The van der Waals surface area contributed by atoms with Crippen LogP contribution in [0.1, 0.15) is 49.4 Å². The van der Waals surface area contributed by atoms with Crippen LogP contribution in [0.5, 0.6) is 11.5 Å². The van der Waals surface area contributed by atoms with E-state index < -0.39 is 17.7 Å². The normalized spacial score (nSPS) is 19.7. The predicted molar refractivity (Wildman–Crippen MR) is 145 cm³/mol. The summed E-state index contributed by atoms with van der Waals surface area (Å²) in [5, 5.41) is 11.4. The van der Waals surface area contributed by atoms with Gasteiger partial charge in [0.25, 0.3) is 11.7 Å². The number of carbonyl (C=O) groups is 2. The van der Waals surface area contributed by atoms with Gasteiger partial charge in [0.05, 0.1) is 38.0 Å². The van der Waals surface area contributed by atoms with Gasteiger partial charge in [0.1, 0.15) is 17.3 Å². The highest BCUT2D eigenvalue weighted by atomic mass is 16.5. The van der Waals surface area contributed by atoms with E-state index in [-0.39, 0.29) is 11.3 Å². The number of aliphatic hydroxyl groups excluding tert-OH is 1. The quantitative estimate of drug-likeness (QED) is 0.267. The number of rotatable bonds is 11. The van der Waals surface area contributed by atoms with Crippen molar-refractivity contribution in [2.45, 2.75) is 39.7 Å². The number of Topliss-reactive ketones (excluding diaryl/α,β-unsaturated/α-hetero) is 1. The Labute approximate surface area is 224 Å². The van der Waals surface area contributed by atoms with Crippen molar-refractivity contribution in [2.75, 3.05) is 52.6 Å². The molecule has 204 valence electrons.